The summed E-state index contributed by atoms with van der Waals surface area (Å²) in [5.41, 5.74) is 2.16. The average Bonchev–Trinajstić information content (AvgIpc) is 2.37. The lowest BCUT2D eigenvalue weighted by molar-refractivity contribution is -0.143. The molecular formula is C16H22O3. The van der Waals surface area contributed by atoms with E-state index in [-0.39, 0.29) is 6.42 Å². The number of benzene rings is 1. The average molecular weight is 262 g/mol. The fourth-order valence-electron chi connectivity index (χ4n) is 3.02. The van der Waals surface area contributed by atoms with Crippen LogP contribution < -0.4 is 0 Å². The van der Waals surface area contributed by atoms with E-state index in [9.17, 15) is 9.90 Å². The molecule has 0 fully saturated rings. The second-order valence-corrected chi connectivity index (χ2v) is 5.54. The van der Waals surface area contributed by atoms with Crippen molar-refractivity contribution in [3.63, 3.8) is 0 Å². The summed E-state index contributed by atoms with van der Waals surface area (Å²) in [6.07, 6.45) is 5.57. The lowest BCUT2D eigenvalue weighted by atomic mass is 9.82. The lowest BCUT2D eigenvalue weighted by Crippen LogP contribution is -2.29. The highest BCUT2D eigenvalue weighted by atomic mass is 16.4. The number of aliphatic carboxylic acids is 1. The molecule has 1 aromatic rings. The van der Waals surface area contributed by atoms with E-state index in [1.807, 2.05) is 19.1 Å². The Labute approximate surface area is 114 Å². The maximum atomic E-state index is 11.0. The smallest absolute Gasteiger partial charge is 0.306 e. The topological polar surface area (TPSA) is 57.5 Å². The monoisotopic (exact) mass is 262 g/mol. The van der Waals surface area contributed by atoms with E-state index in [4.69, 9.17) is 5.11 Å². The van der Waals surface area contributed by atoms with Crippen molar-refractivity contribution in [2.45, 2.75) is 57.5 Å². The third-order valence-corrected chi connectivity index (χ3v) is 3.99. The summed E-state index contributed by atoms with van der Waals surface area (Å²) in [4.78, 5) is 11.0. The molecule has 19 heavy (non-hydrogen) atoms. The summed E-state index contributed by atoms with van der Waals surface area (Å²) in [6.45, 7) is 1.96. The van der Waals surface area contributed by atoms with Gasteiger partial charge in [0.1, 0.15) is 5.60 Å². The number of fused-ring (bicyclic) bond motifs is 1. The molecule has 1 atom stereocenters. The predicted octanol–water partition coefficient (Wildman–Crippen LogP) is 3.03. The minimum atomic E-state index is -1.23. The van der Waals surface area contributed by atoms with Crippen molar-refractivity contribution >= 4 is 5.97 Å². The fourth-order valence-corrected chi connectivity index (χ4v) is 3.02. The van der Waals surface area contributed by atoms with E-state index in [2.05, 4.69) is 6.07 Å². The molecule has 1 aliphatic carbocycles. The summed E-state index contributed by atoms with van der Waals surface area (Å²) in [5.74, 6) is -0.950. The SMILES string of the molecule is CCCC(O)(CC(=O)O)c1ccc2c(c1)CCCC2. The minimum absolute atomic E-state index is 0.223. The molecule has 0 heterocycles. The van der Waals surface area contributed by atoms with Gasteiger partial charge in [0.2, 0.25) is 0 Å². The van der Waals surface area contributed by atoms with Gasteiger partial charge < -0.3 is 10.2 Å². The van der Waals surface area contributed by atoms with Crippen molar-refractivity contribution in [2.24, 2.45) is 0 Å². The van der Waals surface area contributed by atoms with Gasteiger partial charge in [-0.2, -0.15) is 0 Å². The van der Waals surface area contributed by atoms with Gasteiger partial charge in [0, 0.05) is 0 Å². The van der Waals surface area contributed by atoms with Crippen LogP contribution in [0.3, 0.4) is 0 Å². The molecule has 0 aromatic heterocycles. The van der Waals surface area contributed by atoms with E-state index in [1.165, 1.54) is 24.0 Å². The maximum Gasteiger partial charge on any atom is 0.306 e. The van der Waals surface area contributed by atoms with Crippen molar-refractivity contribution in [1.82, 2.24) is 0 Å². The van der Waals surface area contributed by atoms with Gasteiger partial charge in [0.05, 0.1) is 6.42 Å². The van der Waals surface area contributed by atoms with Gasteiger partial charge >= 0.3 is 5.97 Å². The van der Waals surface area contributed by atoms with E-state index >= 15 is 0 Å². The van der Waals surface area contributed by atoms with E-state index in [1.54, 1.807) is 0 Å². The first kappa shape index (κ1) is 14.1. The second kappa shape index (κ2) is 5.74. The van der Waals surface area contributed by atoms with E-state index < -0.39 is 11.6 Å². The highest BCUT2D eigenvalue weighted by molar-refractivity contribution is 5.68. The molecule has 1 unspecified atom stereocenters. The van der Waals surface area contributed by atoms with Crippen LogP contribution in [-0.4, -0.2) is 16.2 Å². The molecule has 104 valence electrons. The third kappa shape index (κ3) is 3.16. The number of aliphatic hydroxyl groups is 1. The first-order valence-electron chi connectivity index (χ1n) is 7.11. The number of hydrogen-bond acceptors (Lipinski definition) is 2. The Morgan fingerprint density at radius 3 is 2.58 bits per heavy atom. The van der Waals surface area contributed by atoms with Crippen LogP contribution in [-0.2, 0) is 23.2 Å². The Balaban J connectivity index is 2.33. The Morgan fingerprint density at radius 2 is 1.95 bits per heavy atom. The largest absolute Gasteiger partial charge is 0.481 e. The molecule has 2 N–H and O–H groups in total. The molecule has 0 radical (unpaired) electrons. The second-order valence-electron chi connectivity index (χ2n) is 5.54. The normalized spacial score (nSPS) is 17.6. The van der Waals surface area contributed by atoms with Gasteiger partial charge in [0.15, 0.2) is 0 Å². The van der Waals surface area contributed by atoms with E-state index in [0.717, 1.165) is 24.8 Å². The molecule has 0 saturated carbocycles. The molecular weight excluding hydrogens is 240 g/mol. The van der Waals surface area contributed by atoms with Crippen LogP contribution in [0.4, 0.5) is 0 Å². The van der Waals surface area contributed by atoms with Gasteiger partial charge in [-0.25, -0.2) is 0 Å². The van der Waals surface area contributed by atoms with Crippen LogP contribution in [0, 0.1) is 0 Å². The van der Waals surface area contributed by atoms with Gasteiger partial charge in [-0.3, -0.25) is 4.79 Å². The zero-order valence-electron chi connectivity index (χ0n) is 11.5. The van der Waals surface area contributed by atoms with Crippen molar-refractivity contribution in [3.05, 3.63) is 34.9 Å². The maximum absolute atomic E-state index is 11.0. The van der Waals surface area contributed by atoms with Gasteiger partial charge in [-0.15, -0.1) is 0 Å². The standard InChI is InChI=1S/C16H22O3/c1-2-9-16(19,11-15(17)18)14-8-7-12-5-3-4-6-13(12)10-14/h7-8,10,19H,2-6,9,11H2,1H3,(H,17,18). The zero-order valence-corrected chi connectivity index (χ0v) is 11.5. The van der Waals surface area contributed by atoms with Crippen LogP contribution >= 0.6 is 0 Å². The predicted molar refractivity (Wildman–Crippen MR) is 74.1 cm³/mol. The lowest BCUT2D eigenvalue weighted by Gasteiger charge is -2.28. The number of rotatable bonds is 5. The fraction of sp³-hybridized carbons (Fsp3) is 0.562. The molecule has 0 spiro atoms. The molecule has 1 aliphatic rings. The minimum Gasteiger partial charge on any atom is -0.481 e. The summed E-state index contributed by atoms with van der Waals surface area (Å²) >= 11 is 0. The summed E-state index contributed by atoms with van der Waals surface area (Å²) in [5, 5.41) is 19.7. The van der Waals surface area contributed by atoms with Crippen LogP contribution in [0.15, 0.2) is 18.2 Å². The number of aryl methyl sites for hydroxylation is 2. The summed E-state index contributed by atoms with van der Waals surface area (Å²) in [6, 6.07) is 5.99. The van der Waals surface area contributed by atoms with Gasteiger partial charge in [-0.1, -0.05) is 31.5 Å². The molecule has 3 heteroatoms. The third-order valence-electron chi connectivity index (χ3n) is 3.99. The Morgan fingerprint density at radius 1 is 1.26 bits per heavy atom. The van der Waals surface area contributed by atoms with E-state index in [0.29, 0.717) is 6.42 Å². The van der Waals surface area contributed by atoms with Crippen molar-refractivity contribution in [1.29, 1.82) is 0 Å². The first-order chi connectivity index (χ1) is 9.05. The van der Waals surface area contributed by atoms with Crippen molar-refractivity contribution < 1.29 is 15.0 Å². The van der Waals surface area contributed by atoms with Gasteiger partial charge in [0.25, 0.3) is 0 Å². The zero-order chi connectivity index (χ0) is 13.9. The van der Waals surface area contributed by atoms with Crippen LogP contribution in [0.2, 0.25) is 0 Å². The van der Waals surface area contributed by atoms with Crippen LogP contribution in [0.5, 0.6) is 0 Å². The Kier molecular flexibility index (Phi) is 4.25. The molecule has 0 aliphatic heterocycles. The molecule has 0 amide bonds. The number of carboxylic acid groups (broad SMARTS) is 1. The Hall–Kier alpha value is -1.35. The number of carbonyl (C=O) groups is 1. The molecule has 0 bridgehead atoms. The van der Waals surface area contributed by atoms with Crippen molar-refractivity contribution in [2.75, 3.05) is 0 Å². The first-order valence-corrected chi connectivity index (χ1v) is 7.11. The Bertz CT molecular complexity index is 467. The van der Waals surface area contributed by atoms with Crippen molar-refractivity contribution in [3.8, 4) is 0 Å². The molecule has 0 saturated heterocycles. The molecule has 3 nitrogen and oxygen atoms in total. The van der Waals surface area contributed by atoms with Crippen LogP contribution in [0.25, 0.3) is 0 Å². The summed E-state index contributed by atoms with van der Waals surface area (Å²) < 4.78 is 0. The molecule has 2 rings (SSSR count). The number of hydrogen-bond donors (Lipinski definition) is 2. The summed E-state index contributed by atoms with van der Waals surface area (Å²) in [7, 11) is 0. The number of carboxylic acids is 1. The highest BCUT2D eigenvalue weighted by Crippen LogP contribution is 2.33. The quantitative estimate of drug-likeness (QED) is 0.857. The van der Waals surface area contributed by atoms with Crippen LogP contribution in [0.1, 0.15) is 55.7 Å². The highest BCUT2D eigenvalue weighted by Gasteiger charge is 2.31. The van der Waals surface area contributed by atoms with Gasteiger partial charge in [-0.05, 0) is 48.8 Å². The molecule has 1 aromatic carbocycles.